The monoisotopic (exact) mass is 464 g/mol. The molecule has 3 rings (SSSR count). The lowest BCUT2D eigenvalue weighted by molar-refractivity contribution is -0.112. The molecule has 0 radical (unpaired) electrons. The van der Waals surface area contributed by atoms with E-state index in [4.69, 9.17) is 14.2 Å². The molecule has 1 N–H and O–H groups in total. The van der Waals surface area contributed by atoms with Gasteiger partial charge in [-0.1, -0.05) is 42.5 Å². The molecule has 3 aromatic rings. The van der Waals surface area contributed by atoms with E-state index in [0.29, 0.717) is 41.2 Å². The Labute approximate surface area is 196 Å². The summed E-state index contributed by atoms with van der Waals surface area (Å²) in [7, 11) is 1.59. The molecule has 33 heavy (non-hydrogen) atoms. The molecule has 0 atom stereocenters. The van der Waals surface area contributed by atoms with Gasteiger partial charge in [0.05, 0.1) is 7.11 Å². The molecule has 0 fully saturated rings. The number of aryl methyl sites for hydroxylation is 1. The normalized spacial score (nSPS) is 10.9. The molecule has 0 saturated carbocycles. The number of nitrogens with one attached hydrogen (secondary N) is 1. The second-order valence-electron chi connectivity index (χ2n) is 6.79. The highest BCUT2D eigenvalue weighted by Crippen LogP contribution is 2.25. The third-order valence-electron chi connectivity index (χ3n) is 4.39. The van der Waals surface area contributed by atoms with Gasteiger partial charge in [0.15, 0.2) is 11.5 Å². The second-order valence-corrected chi connectivity index (χ2v) is 7.85. The topological polar surface area (TPSA) is 106 Å². The van der Waals surface area contributed by atoms with E-state index in [2.05, 4.69) is 15.5 Å². The van der Waals surface area contributed by atoms with E-state index >= 15 is 0 Å². The van der Waals surface area contributed by atoms with Crippen LogP contribution in [0, 0.1) is 11.3 Å². The zero-order valence-electron chi connectivity index (χ0n) is 18.4. The zero-order valence-corrected chi connectivity index (χ0v) is 19.2. The van der Waals surface area contributed by atoms with Crippen LogP contribution in [0.15, 0.2) is 54.1 Å². The highest BCUT2D eigenvalue weighted by atomic mass is 32.1. The van der Waals surface area contributed by atoms with Crippen LogP contribution in [0.2, 0.25) is 0 Å². The first-order valence-corrected chi connectivity index (χ1v) is 11.2. The number of ether oxygens (including phenoxy) is 3. The first-order valence-electron chi connectivity index (χ1n) is 10.4. The number of anilines is 1. The fourth-order valence-electron chi connectivity index (χ4n) is 2.81. The quantitative estimate of drug-likeness (QED) is 0.253. The highest BCUT2D eigenvalue weighted by Gasteiger charge is 2.13. The van der Waals surface area contributed by atoms with E-state index in [1.165, 1.54) is 17.4 Å². The predicted octanol–water partition coefficient (Wildman–Crippen LogP) is 4.50. The Morgan fingerprint density at radius 2 is 1.82 bits per heavy atom. The average molecular weight is 465 g/mol. The van der Waals surface area contributed by atoms with Crippen molar-refractivity contribution >= 4 is 28.5 Å². The molecule has 8 nitrogen and oxygen atoms in total. The highest BCUT2D eigenvalue weighted by molar-refractivity contribution is 7.15. The van der Waals surface area contributed by atoms with Crippen LogP contribution in [-0.4, -0.2) is 36.4 Å². The fraction of sp³-hybridized carbons (Fsp3) is 0.250. The summed E-state index contributed by atoms with van der Waals surface area (Å²) in [4.78, 5) is 12.4. The fourth-order valence-corrected chi connectivity index (χ4v) is 3.64. The van der Waals surface area contributed by atoms with Gasteiger partial charge in [-0.2, -0.15) is 5.26 Å². The minimum Gasteiger partial charge on any atom is -0.493 e. The molecule has 0 spiro atoms. The summed E-state index contributed by atoms with van der Waals surface area (Å²) in [6.45, 7) is 2.75. The van der Waals surface area contributed by atoms with Gasteiger partial charge in [0, 0.05) is 6.42 Å². The standard InChI is InChI=1S/C24H24N4O4S/c1-3-6-22-27-28-24(33-22)26-23(29)18(16-25)15-17-9-11-19(12-10-17)31-13-14-32-21-8-5-4-7-20(21)30-2/h4-5,7-12,15H,3,6,13-14H2,1-2H3,(H,26,28,29). The van der Waals surface area contributed by atoms with Crippen molar-refractivity contribution in [2.75, 3.05) is 25.6 Å². The number of hydrogen-bond donors (Lipinski definition) is 1. The van der Waals surface area contributed by atoms with Crippen molar-refractivity contribution in [3.05, 3.63) is 64.7 Å². The number of carbonyl (C=O) groups is 1. The summed E-state index contributed by atoms with van der Waals surface area (Å²) in [5.41, 5.74) is 0.671. The Bertz CT molecular complexity index is 1140. The molecule has 1 heterocycles. The van der Waals surface area contributed by atoms with Crippen molar-refractivity contribution in [3.8, 4) is 23.3 Å². The van der Waals surface area contributed by atoms with Crippen LogP contribution in [0.25, 0.3) is 6.08 Å². The molecule has 0 unspecified atom stereocenters. The Morgan fingerprint density at radius 3 is 2.52 bits per heavy atom. The lowest BCUT2D eigenvalue weighted by Crippen LogP contribution is -2.13. The molecule has 0 aliphatic heterocycles. The molecule has 1 amide bonds. The summed E-state index contributed by atoms with van der Waals surface area (Å²) < 4.78 is 16.6. The number of para-hydroxylation sites is 2. The van der Waals surface area contributed by atoms with Crippen LogP contribution >= 0.6 is 11.3 Å². The maximum atomic E-state index is 12.4. The van der Waals surface area contributed by atoms with Gasteiger partial charge < -0.3 is 14.2 Å². The van der Waals surface area contributed by atoms with Crippen LogP contribution in [0.3, 0.4) is 0 Å². The van der Waals surface area contributed by atoms with E-state index in [0.717, 1.165) is 17.8 Å². The number of carbonyl (C=O) groups excluding carboxylic acids is 1. The molecule has 1 aromatic heterocycles. The molecule has 9 heteroatoms. The predicted molar refractivity (Wildman–Crippen MR) is 127 cm³/mol. The van der Waals surface area contributed by atoms with Crippen molar-refractivity contribution < 1.29 is 19.0 Å². The number of methoxy groups -OCH3 is 1. The number of benzene rings is 2. The van der Waals surface area contributed by atoms with E-state index < -0.39 is 5.91 Å². The number of nitrogens with zero attached hydrogens (tertiary/aromatic N) is 3. The van der Waals surface area contributed by atoms with Crippen LogP contribution in [0.4, 0.5) is 5.13 Å². The summed E-state index contributed by atoms with van der Waals surface area (Å²) >= 11 is 1.31. The van der Waals surface area contributed by atoms with Crippen molar-refractivity contribution in [1.82, 2.24) is 10.2 Å². The minimum absolute atomic E-state index is 0.0267. The summed E-state index contributed by atoms with van der Waals surface area (Å²) in [5.74, 6) is 1.45. The van der Waals surface area contributed by atoms with E-state index in [-0.39, 0.29) is 5.57 Å². The van der Waals surface area contributed by atoms with Gasteiger partial charge in [0.1, 0.15) is 35.6 Å². The Morgan fingerprint density at radius 1 is 1.09 bits per heavy atom. The third kappa shape index (κ3) is 7.05. The number of rotatable bonds is 11. The van der Waals surface area contributed by atoms with Gasteiger partial charge in [-0.25, -0.2) is 0 Å². The van der Waals surface area contributed by atoms with Gasteiger partial charge in [0.2, 0.25) is 5.13 Å². The van der Waals surface area contributed by atoms with Gasteiger partial charge in [-0.3, -0.25) is 10.1 Å². The lowest BCUT2D eigenvalue weighted by Gasteiger charge is -2.11. The van der Waals surface area contributed by atoms with Crippen LogP contribution < -0.4 is 19.5 Å². The van der Waals surface area contributed by atoms with Crippen LogP contribution in [0.5, 0.6) is 17.2 Å². The SMILES string of the molecule is CCCc1nnc(NC(=O)C(C#N)=Cc2ccc(OCCOc3ccccc3OC)cc2)s1. The van der Waals surface area contributed by atoms with E-state index in [9.17, 15) is 10.1 Å². The van der Waals surface area contributed by atoms with Crippen LogP contribution in [0.1, 0.15) is 23.9 Å². The Balaban J connectivity index is 1.52. The van der Waals surface area contributed by atoms with Crippen molar-refractivity contribution in [1.29, 1.82) is 5.26 Å². The molecule has 2 aromatic carbocycles. The maximum absolute atomic E-state index is 12.4. The van der Waals surface area contributed by atoms with Crippen molar-refractivity contribution in [3.63, 3.8) is 0 Å². The molecule has 0 aliphatic rings. The largest absolute Gasteiger partial charge is 0.493 e. The molecular formula is C24H24N4O4S. The molecule has 0 bridgehead atoms. The smallest absolute Gasteiger partial charge is 0.268 e. The maximum Gasteiger partial charge on any atom is 0.268 e. The number of aromatic nitrogens is 2. The van der Waals surface area contributed by atoms with Gasteiger partial charge in [0.25, 0.3) is 5.91 Å². The van der Waals surface area contributed by atoms with E-state index in [1.807, 2.05) is 37.3 Å². The van der Waals surface area contributed by atoms with Gasteiger partial charge in [-0.15, -0.1) is 10.2 Å². The molecule has 0 saturated heterocycles. The summed E-state index contributed by atoms with van der Waals surface area (Å²) in [5, 5.41) is 21.2. The van der Waals surface area contributed by atoms with E-state index in [1.54, 1.807) is 31.4 Å². The number of nitriles is 1. The number of hydrogen-bond acceptors (Lipinski definition) is 8. The van der Waals surface area contributed by atoms with Crippen LogP contribution in [-0.2, 0) is 11.2 Å². The summed E-state index contributed by atoms with van der Waals surface area (Å²) in [6.07, 6.45) is 3.26. The molecule has 0 aliphatic carbocycles. The van der Waals surface area contributed by atoms with Gasteiger partial charge >= 0.3 is 0 Å². The molecule has 170 valence electrons. The Hall–Kier alpha value is -3.90. The first-order chi connectivity index (χ1) is 16.1. The van der Waals surface area contributed by atoms with Crippen molar-refractivity contribution in [2.24, 2.45) is 0 Å². The second kappa shape index (κ2) is 12.2. The zero-order chi connectivity index (χ0) is 23.5. The van der Waals surface area contributed by atoms with Gasteiger partial charge in [-0.05, 0) is 42.3 Å². The average Bonchev–Trinajstić information content (AvgIpc) is 3.28. The first kappa shape index (κ1) is 23.8. The lowest BCUT2D eigenvalue weighted by atomic mass is 10.1. The summed E-state index contributed by atoms with van der Waals surface area (Å²) in [6, 6.07) is 16.4. The van der Waals surface area contributed by atoms with Crippen molar-refractivity contribution in [2.45, 2.75) is 19.8 Å². The third-order valence-corrected chi connectivity index (χ3v) is 5.28. The molecular weight excluding hydrogens is 440 g/mol. The minimum atomic E-state index is -0.523. The number of amides is 1. The Kier molecular flexibility index (Phi) is 8.79.